The first-order valence-corrected chi connectivity index (χ1v) is 6.16. The van der Waals surface area contributed by atoms with Crippen LogP contribution in [0.1, 0.15) is 37.0 Å². The van der Waals surface area contributed by atoms with Gasteiger partial charge < -0.3 is 9.47 Å². The third kappa shape index (κ3) is 3.93. The summed E-state index contributed by atoms with van der Waals surface area (Å²) in [6, 6.07) is 5.24. The third-order valence-electron chi connectivity index (χ3n) is 2.11. The second kappa shape index (κ2) is 7.17. The van der Waals surface area contributed by atoms with Crippen LogP contribution in [0.3, 0.4) is 0 Å². The minimum absolute atomic E-state index is 0.316. The molecule has 1 aromatic rings. The van der Waals surface area contributed by atoms with E-state index in [0.29, 0.717) is 30.3 Å². The molecule has 4 heteroatoms. The summed E-state index contributed by atoms with van der Waals surface area (Å²) in [5.74, 6) is 0.973. The van der Waals surface area contributed by atoms with Gasteiger partial charge in [0, 0.05) is 0 Å². The highest BCUT2D eigenvalue weighted by atomic mass is 35.5. The quantitative estimate of drug-likeness (QED) is 0.699. The molecule has 0 aromatic heterocycles. The molecule has 3 nitrogen and oxygen atoms in total. The van der Waals surface area contributed by atoms with Crippen molar-refractivity contribution in [2.24, 2.45) is 0 Å². The number of rotatable bonds is 7. The van der Waals surface area contributed by atoms with Crippen molar-refractivity contribution in [3.8, 4) is 11.5 Å². The maximum atomic E-state index is 11.4. The van der Waals surface area contributed by atoms with Crippen molar-refractivity contribution in [2.75, 3.05) is 13.2 Å². The fourth-order valence-corrected chi connectivity index (χ4v) is 1.56. The number of carbonyl (C=O) groups excluding carboxylic acids is 1. The molecule has 0 radical (unpaired) electrons. The maximum absolute atomic E-state index is 11.4. The van der Waals surface area contributed by atoms with Crippen molar-refractivity contribution in [3.05, 3.63) is 23.8 Å². The average molecular weight is 257 g/mol. The van der Waals surface area contributed by atoms with Crippen LogP contribution in [0.4, 0.5) is 0 Å². The second-order valence-electron chi connectivity index (χ2n) is 3.60. The van der Waals surface area contributed by atoms with E-state index in [4.69, 9.17) is 21.1 Å². The minimum Gasteiger partial charge on any atom is -0.493 e. The Morgan fingerprint density at radius 3 is 1.94 bits per heavy atom. The molecule has 0 aliphatic heterocycles. The number of benzene rings is 1. The Labute approximate surface area is 107 Å². The topological polar surface area (TPSA) is 35.5 Å². The summed E-state index contributed by atoms with van der Waals surface area (Å²) in [5, 5.41) is -0.553. The van der Waals surface area contributed by atoms with Crippen molar-refractivity contribution in [2.45, 2.75) is 26.7 Å². The predicted octanol–water partition coefficient (Wildman–Crippen LogP) is 3.64. The van der Waals surface area contributed by atoms with Gasteiger partial charge in [-0.15, -0.1) is 0 Å². The molecule has 0 aliphatic rings. The fourth-order valence-electron chi connectivity index (χ4n) is 1.37. The normalized spacial score (nSPS) is 10.1. The van der Waals surface area contributed by atoms with Crippen molar-refractivity contribution >= 4 is 16.8 Å². The molecule has 0 saturated carbocycles. The molecule has 17 heavy (non-hydrogen) atoms. The van der Waals surface area contributed by atoms with Gasteiger partial charge in [0.05, 0.1) is 13.2 Å². The lowest BCUT2D eigenvalue weighted by molar-refractivity contribution is 0.107. The van der Waals surface area contributed by atoms with Crippen molar-refractivity contribution in [3.63, 3.8) is 0 Å². The van der Waals surface area contributed by atoms with Gasteiger partial charge in [0.25, 0.3) is 5.24 Å². The van der Waals surface area contributed by atoms with E-state index in [2.05, 4.69) is 0 Å². The maximum Gasteiger partial charge on any atom is 0.259 e. The Bertz CT molecular complexity index is 351. The first-order chi connectivity index (χ1) is 8.20. The highest BCUT2D eigenvalue weighted by Gasteiger charge is 2.16. The van der Waals surface area contributed by atoms with Crippen LogP contribution in [-0.2, 0) is 0 Å². The zero-order chi connectivity index (χ0) is 12.7. The minimum atomic E-state index is -0.553. The monoisotopic (exact) mass is 256 g/mol. The van der Waals surface area contributed by atoms with Gasteiger partial charge in [-0.1, -0.05) is 19.9 Å². The van der Waals surface area contributed by atoms with E-state index in [1.807, 2.05) is 13.8 Å². The van der Waals surface area contributed by atoms with Gasteiger partial charge in [-0.3, -0.25) is 4.79 Å². The van der Waals surface area contributed by atoms with Crippen LogP contribution < -0.4 is 9.47 Å². The number of ether oxygens (including phenoxy) is 2. The van der Waals surface area contributed by atoms with Gasteiger partial charge >= 0.3 is 0 Å². The fraction of sp³-hybridized carbons (Fsp3) is 0.462. The predicted molar refractivity (Wildman–Crippen MR) is 68.2 cm³/mol. The van der Waals surface area contributed by atoms with Gasteiger partial charge in [0.1, 0.15) is 17.1 Å². The Kier molecular flexibility index (Phi) is 5.84. The largest absolute Gasteiger partial charge is 0.493 e. The van der Waals surface area contributed by atoms with Crippen LogP contribution in [0.25, 0.3) is 0 Å². The van der Waals surface area contributed by atoms with Crippen LogP contribution in [0.2, 0.25) is 0 Å². The molecule has 0 atom stereocenters. The van der Waals surface area contributed by atoms with Crippen molar-refractivity contribution in [1.82, 2.24) is 0 Å². The number of hydrogen-bond donors (Lipinski definition) is 0. The summed E-state index contributed by atoms with van der Waals surface area (Å²) in [4.78, 5) is 11.4. The summed E-state index contributed by atoms with van der Waals surface area (Å²) in [5.41, 5.74) is 0.316. The zero-order valence-electron chi connectivity index (χ0n) is 10.2. The van der Waals surface area contributed by atoms with Gasteiger partial charge in [-0.25, -0.2) is 0 Å². The summed E-state index contributed by atoms with van der Waals surface area (Å²) < 4.78 is 11.0. The van der Waals surface area contributed by atoms with Gasteiger partial charge in [-0.05, 0) is 36.6 Å². The molecule has 0 unspecified atom stereocenters. The molecule has 94 valence electrons. The van der Waals surface area contributed by atoms with Gasteiger partial charge in [0.2, 0.25) is 0 Å². The van der Waals surface area contributed by atoms with Gasteiger partial charge in [-0.2, -0.15) is 0 Å². The van der Waals surface area contributed by atoms with E-state index < -0.39 is 5.24 Å². The molecule has 0 heterocycles. The van der Waals surface area contributed by atoms with Crippen LogP contribution in [0, 0.1) is 0 Å². The van der Waals surface area contributed by atoms with E-state index in [1.165, 1.54) is 0 Å². The molecule has 0 N–H and O–H groups in total. The van der Waals surface area contributed by atoms with Crippen molar-refractivity contribution < 1.29 is 14.3 Å². The number of halogens is 1. The van der Waals surface area contributed by atoms with Crippen LogP contribution in [-0.4, -0.2) is 18.5 Å². The summed E-state index contributed by atoms with van der Waals surface area (Å²) in [6.45, 7) is 5.10. The SMILES string of the molecule is CCCOc1cccc(OCCC)c1C(=O)Cl. The molecule has 0 spiro atoms. The van der Waals surface area contributed by atoms with E-state index >= 15 is 0 Å². The molecule has 0 saturated heterocycles. The summed E-state index contributed by atoms with van der Waals surface area (Å²) in [6.07, 6.45) is 1.74. The first-order valence-electron chi connectivity index (χ1n) is 5.79. The lowest BCUT2D eigenvalue weighted by atomic mass is 10.2. The molecule has 1 aromatic carbocycles. The third-order valence-corrected chi connectivity index (χ3v) is 2.30. The second-order valence-corrected chi connectivity index (χ2v) is 3.94. The van der Waals surface area contributed by atoms with E-state index in [-0.39, 0.29) is 0 Å². The molecule has 0 fully saturated rings. The molecule has 0 amide bonds. The average Bonchev–Trinajstić information content (AvgIpc) is 2.33. The highest BCUT2D eigenvalue weighted by Crippen LogP contribution is 2.30. The molecular weight excluding hydrogens is 240 g/mol. The van der Waals surface area contributed by atoms with Crippen LogP contribution in [0.5, 0.6) is 11.5 Å². The van der Waals surface area contributed by atoms with E-state index in [1.54, 1.807) is 18.2 Å². The lowest BCUT2D eigenvalue weighted by Gasteiger charge is -2.13. The van der Waals surface area contributed by atoms with Crippen molar-refractivity contribution in [1.29, 1.82) is 0 Å². The summed E-state index contributed by atoms with van der Waals surface area (Å²) in [7, 11) is 0. The standard InChI is InChI=1S/C13H17ClO3/c1-3-8-16-10-6-5-7-11(17-9-4-2)12(10)13(14)15/h5-7H,3-4,8-9H2,1-2H3. The van der Waals surface area contributed by atoms with E-state index in [9.17, 15) is 4.79 Å². The van der Waals surface area contributed by atoms with Crippen LogP contribution >= 0.6 is 11.6 Å². The molecular formula is C13H17ClO3. The Morgan fingerprint density at radius 2 is 1.59 bits per heavy atom. The number of carbonyl (C=O) groups is 1. The summed E-state index contributed by atoms with van der Waals surface area (Å²) >= 11 is 5.57. The Balaban J connectivity index is 2.99. The zero-order valence-corrected chi connectivity index (χ0v) is 10.9. The number of hydrogen-bond acceptors (Lipinski definition) is 3. The highest BCUT2D eigenvalue weighted by molar-refractivity contribution is 6.68. The molecule has 1 rings (SSSR count). The van der Waals surface area contributed by atoms with Crippen LogP contribution in [0.15, 0.2) is 18.2 Å². The molecule has 0 aliphatic carbocycles. The Morgan fingerprint density at radius 1 is 1.12 bits per heavy atom. The van der Waals surface area contributed by atoms with Gasteiger partial charge in [0.15, 0.2) is 0 Å². The van der Waals surface area contributed by atoms with E-state index in [0.717, 1.165) is 12.8 Å². The Hall–Kier alpha value is -1.22. The smallest absolute Gasteiger partial charge is 0.259 e. The lowest BCUT2D eigenvalue weighted by Crippen LogP contribution is -2.05. The first kappa shape index (κ1) is 13.8. The molecule has 0 bridgehead atoms.